The average molecular weight is 402 g/mol. The van der Waals surface area contributed by atoms with Gasteiger partial charge in [-0.25, -0.2) is 15.0 Å². The van der Waals surface area contributed by atoms with Gasteiger partial charge in [0.05, 0.1) is 0 Å². The van der Waals surface area contributed by atoms with Crippen LogP contribution in [-0.2, 0) is 13.0 Å². The molecule has 4 aromatic rings. The highest BCUT2D eigenvalue weighted by atomic mass is 32.2. The van der Waals surface area contributed by atoms with E-state index in [0.717, 1.165) is 23.8 Å². The maximum Gasteiger partial charge on any atom is 0.175 e. The van der Waals surface area contributed by atoms with E-state index in [1.807, 2.05) is 19.1 Å². The summed E-state index contributed by atoms with van der Waals surface area (Å²) in [5, 5.41) is 0.879. The fraction of sp³-hybridized carbons (Fsp3) is 0.174. The van der Waals surface area contributed by atoms with E-state index in [2.05, 4.69) is 70.0 Å². The number of nitrogens with zero attached hydrogens (tertiary/aromatic N) is 4. The molecule has 4 rings (SSSR count). The van der Waals surface area contributed by atoms with Crippen LogP contribution in [0.4, 0.5) is 5.82 Å². The van der Waals surface area contributed by atoms with Gasteiger partial charge in [0.25, 0.3) is 0 Å². The van der Waals surface area contributed by atoms with E-state index in [-0.39, 0.29) is 0 Å². The molecule has 5 nitrogen and oxygen atoms in total. The van der Waals surface area contributed by atoms with Crippen molar-refractivity contribution in [2.75, 3.05) is 5.73 Å². The number of anilines is 1. The summed E-state index contributed by atoms with van der Waals surface area (Å²) in [6, 6.07) is 16.9. The molecule has 0 amide bonds. The molecule has 2 aromatic heterocycles. The summed E-state index contributed by atoms with van der Waals surface area (Å²) in [5.74, 6) is 0.412. The molecule has 2 aromatic carbocycles. The normalized spacial score (nSPS) is 11.5. The number of imidazole rings is 1. The van der Waals surface area contributed by atoms with Gasteiger partial charge in [0.15, 0.2) is 22.1 Å². The maximum atomic E-state index is 6.09. The zero-order valence-corrected chi connectivity index (χ0v) is 17.4. The Hall–Kier alpha value is -3.12. The van der Waals surface area contributed by atoms with E-state index >= 15 is 0 Å². The van der Waals surface area contributed by atoms with Crippen molar-refractivity contribution in [3.8, 4) is 0 Å². The summed E-state index contributed by atoms with van der Waals surface area (Å²) in [6.45, 7) is 4.91. The first-order valence-electron chi connectivity index (χ1n) is 9.57. The largest absolute Gasteiger partial charge is 0.382 e. The molecule has 29 heavy (non-hydrogen) atoms. The molecule has 0 aliphatic rings. The van der Waals surface area contributed by atoms with Crippen LogP contribution in [0.15, 0.2) is 71.0 Å². The molecule has 146 valence electrons. The van der Waals surface area contributed by atoms with E-state index in [4.69, 9.17) is 10.7 Å². The number of nitrogens with two attached hydrogens (primary N) is 1. The fourth-order valence-electron chi connectivity index (χ4n) is 3.22. The van der Waals surface area contributed by atoms with Crippen LogP contribution < -0.4 is 5.73 Å². The molecule has 0 unspecified atom stereocenters. The second kappa shape index (κ2) is 8.49. The second-order valence-electron chi connectivity index (χ2n) is 6.84. The third kappa shape index (κ3) is 4.17. The van der Waals surface area contributed by atoms with Crippen molar-refractivity contribution in [3.05, 3.63) is 77.6 Å². The molecule has 0 saturated carbocycles. The Morgan fingerprint density at radius 2 is 1.93 bits per heavy atom. The molecule has 2 heterocycles. The second-order valence-corrected chi connectivity index (χ2v) is 7.85. The smallest absolute Gasteiger partial charge is 0.175 e. The number of rotatable bonds is 6. The van der Waals surface area contributed by atoms with Crippen LogP contribution in [-0.4, -0.2) is 19.5 Å². The summed E-state index contributed by atoms with van der Waals surface area (Å²) >= 11 is 1.65. The Bertz CT molecular complexity index is 1160. The molecular formula is C23H23N5S. The Balaban J connectivity index is 1.73. The first-order chi connectivity index (χ1) is 14.2. The lowest BCUT2D eigenvalue weighted by atomic mass is 10.1. The van der Waals surface area contributed by atoms with E-state index in [1.165, 1.54) is 27.9 Å². The highest BCUT2D eigenvalue weighted by molar-refractivity contribution is 7.99. The molecule has 0 atom stereocenters. The fourth-order valence-corrected chi connectivity index (χ4v) is 4.27. The van der Waals surface area contributed by atoms with Crippen LogP contribution in [0.25, 0.3) is 17.2 Å². The van der Waals surface area contributed by atoms with Crippen molar-refractivity contribution < 1.29 is 0 Å². The van der Waals surface area contributed by atoms with Gasteiger partial charge in [-0.1, -0.05) is 66.4 Å². The lowest BCUT2D eigenvalue weighted by Gasteiger charge is -2.10. The van der Waals surface area contributed by atoms with Gasteiger partial charge in [0.1, 0.15) is 6.33 Å². The molecule has 0 aliphatic heterocycles. The predicted octanol–water partition coefficient (Wildman–Crippen LogP) is 5.14. The van der Waals surface area contributed by atoms with Gasteiger partial charge in [-0.15, -0.1) is 0 Å². The number of nitrogen functional groups attached to an aromatic ring is 1. The van der Waals surface area contributed by atoms with Crippen molar-refractivity contribution in [2.24, 2.45) is 0 Å². The standard InChI is InChI=1S/C23H23N5S/c1-3-7-18-11-10-16(2)19(14-18)29-23-27-20-21(24)25-15-26-22(20)28(23)13-12-17-8-5-4-6-9-17/h3-11,14-15H,12-13H2,1-2H3,(H2,24,25,26)/b7-3-. The van der Waals surface area contributed by atoms with Gasteiger partial charge >= 0.3 is 0 Å². The van der Waals surface area contributed by atoms with Crippen molar-refractivity contribution in [3.63, 3.8) is 0 Å². The van der Waals surface area contributed by atoms with Gasteiger partial charge in [-0.05, 0) is 43.0 Å². The number of fused-ring (bicyclic) bond motifs is 1. The van der Waals surface area contributed by atoms with Crippen LogP contribution in [0, 0.1) is 6.92 Å². The number of allylic oxidation sites excluding steroid dienone is 1. The first-order valence-corrected chi connectivity index (χ1v) is 10.4. The molecule has 0 bridgehead atoms. The summed E-state index contributed by atoms with van der Waals surface area (Å²) in [4.78, 5) is 14.6. The minimum atomic E-state index is 0.412. The van der Waals surface area contributed by atoms with Gasteiger partial charge in [0.2, 0.25) is 0 Å². The molecule has 0 fully saturated rings. The van der Waals surface area contributed by atoms with Crippen LogP contribution in [0.2, 0.25) is 0 Å². The van der Waals surface area contributed by atoms with Crippen LogP contribution in [0.5, 0.6) is 0 Å². The number of hydrogen-bond acceptors (Lipinski definition) is 5. The van der Waals surface area contributed by atoms with E-state index in [1.54, 1.807) is 11.8 Å². The monoisotopic (exact) mass is 401 g/mol. The van der Waals surface area contributed by atoms with Crippen molar-refractivity contribution in [1.29, 1.82) is 0 Å². The van der Waals surface area contributed by atoms with Crippen LogP contribution >= 0.6 is 11.8 Å². The van der Waals surface area contributed by atoms with Crippen molar-refractivity contribution in [1.82, 2.24) is 19.5 Å². The molecular weight excluding hydrogens is 378 g/mol. The first kappa shape index (κ1) is 19.2. The van der Waals surface area contributed by atoms with Crippen molar-refractivity contribution >= 4 is 34.8 Å². The van der Waals surface area contributed by atoms with Gasteiger partial charge in [-0.3, -0.25) is 0 Å². The summed E-state index contributed by atoms with van der Waals surface area (Å²) in [7, 11) is 0. The summed E-state index contributed by atoms with van der Waals surface area (Å²) in [5.41, 5.74) is 11.2. The van der Waals surface area contributed by atoms with Gasteiger partial charge < -0.3 is 10.3 Å². The molecule has 6 heteroatoms. The lowest BCUT2D eigenvalue weighted by Crippen LogP contribution is -2.04. The molecule has 0 aliphatic carbocycles. The lowest BCUT2D eigenvalue weighted by molar-refractivity contribution is 0.646. The SMILES string of the molecule is C/C=C\c1ccc(C)c(Sc2nc3c(N)ncnc3n2CCc2ccccc2)c1. The van der Waals surface area contributed by atoms with E-state index < -0.39 is 0 Å². The third-order valence-corrected chi connectivity index (χ3v) is 5.92. The third-order valence-electron chi connectivity index (χ3n) is 4.76. The Morgan fingerprint density at radius 1 is 1.10 bits per heavy atom. The minimum absolute atomic E-state index is 0.412. The van der Waals surface area contributed by atoms with Crippen LogP contribution in [0.3, 0.4) is 0 Å². The number of benzene rings is 2. The Morgan fingerprint density at radius 3 is 2.72 bits per heavy atom. The predicted molar refractivity (Wildman–Crippen MR) is 120 cm³/mol. The Labute approximate surface area is 174 Å². The van der Waals surface area contributed by atoms with E-state index in [9.17, 15) is 0 Å². The maximum absolute atomic E-state index is 6.09. The zero-order chi connectivity index (χ0) is 20.2. The van der Waals surface area contributed by atoms with Gasteiger partial charge in [0, 0.05) is 11.4 Å². The molecule has 0 radical (unpaired) electrons. The minimum Gasteiger partial charge on any atom is -0.382 e. The number of aryl methyl sites for hydroxylation is 3. The quantitative estimate of drug-likeness (QED) is 0.484. The average Bonchev–Trinajstić information content (AvgIpc) is 3.08. The van der Waals surface area contributed by atoms with Gasteiger partial charge in [-0.2, -0.15) is 0 Å². The van der Waals surface area contributed by atoms with Crippen LogP contribution in [0.1, 0.15) is 23.6 Å². The highest BCUT2D eigenvalue weighted by Gasteiger charge is 2.16. The molecule has 2 N–H and O–H groups in total. The summed E-state index contributed by atoms with van der Waals surface area (Å²) in [6.07, 6.45) is 6.54. The number of hydrogen-bond donors (Lipinski definition) is 1. The highest BCUT2D eigenvalue weighted by Crippen LogP contribution is 2.33. The molecule has 0 saturated heterocycles. The molecule has 0 spiro atoms. The van der Waals surface area contributed by atoms with E-state index in [0.29, 0.717) is 11.3 Å². The Kier molecular flexibility index (Phi) is 5.62. The zero-order valence-electron chi connectivity index (χ0n) is 16.5. The summed E-state index contributed by atoms with van der Waals surface area (Å²) < 4.78 is 2.15. The topological polar surface area (TPSA) is 69.6 Å². The van der Waals surface area contributed by atoms with Crippen molar-refractivity contribution in [2.45, 2.75) is 36.9 Å². The number of aromatic nitrogens is 4.